The molecule has 0 amide bonds. The first-order valence-corrected chi connectivity index (χ1v) is 6.48. The molecule has 1 aromatic carbocycles. The normalized spacial score (nSPS) is 17.6. The lowest BCUT2D eigenvalue weighted by atomic mass is 9.93. The molecule has 0 radical (unpaired) electrons. The second kappa shape index (κ2) is 4.72. The van der Waals surface area contributed by atoms with Crippen LogP contribution in [0, 0.1) is 0 Å². The number of carbonyl (C=O) groups excluding carboxylic acids is 1. The number of Topliss-reactive ketones (excluding diaryl/α,β-unsaturated/α-hetero) is 1. The summed E-state index contributed by atoms with van der Waals surface area (Å²) < 4.78 is 1.60. The summed E-state index contributed by atoms with van der Waals surface area (Å²) in [4.78, 5) is 12.0. The molecule has 0 aliphatic carbocycles. The average molecular weight is 290 g/mol. The van der Waals surface area contributed by atoms with Crippen LogP contribution in [0.1, 0.15) is 25.5 Å². The van der Waals surface area contributed by atoms with E-state index in [1.54, 1.807) is 23.7 Å². The zero-order valence-corrected chi connectivity index (χ0v) is 11.7. The lowest BCUT2D eigenvalue weighted by Gasteiger charge is -2.27. The minimum atomic E-state index is -0.337. The van der Waals surface area contributed by atoms with Crippen molar-refractivity contribution in [2.24, 2.45) is 0 Å². The van der Waals surface area contributed by atoms with Gasteiger partial charge in [0.15, 0.2) is 5.78 Å². The number of aromatic nitrogens is 4. The fourth-order valence-electron chi connectivity index (χ4n) is 2.42. The van der Waals surface area contributed by atoms with E-state index in [0.717, 1.165) is 11.3 Å². The number of hydrogen-bond acceptors (Lipinski definition) is 5. The molecule has 1 atom stereocenters. The van der Waals surface area contributed by atoms with Crippen LogP contribution in [0.5, 0.6) is 0 Å². The van der Waals surface area contributed by atoms with Crippen LogP contribution >= 0.6 is 11.6 Å². The quantitative estimate of drug-likeness (QED) is 0.917. The van der Waals surface area contributed by atoms with Crippen LogP contribution in [-0.2, 0) is 4.79 Å². The van der Waals surface area contributed by atoms with E-state index >= 15 is 0 Å². The Bertz CT molecular complexity index is 704. The molecule has 1 aliphatic heterocycles. The molecule has 2 aromatic rings. The summed E-state index contributed by atoms with van der Waals surface area (Å²) in [6, 6.07) is 6.99. The molecule has 3 rings (SSSR count). The monoisotopic (exact) mass is 289 g/mol. The molecule has 0 spiro atoms. The highest BCUT2D eigenvalue weighted by atomic mass is 35.5. The molecule has 0 fully saturated rings. The number of fused-ring (bicyclic) bond motifs is 1. The van der Waals surface area contributed by atoms with Crippen molar-refractivity contribution in [3.8, 4) is 0 Å². The number of allylic oxidation sites excluding steroid dienone is 2. The lowest BCUT2D eigenvalue weighted by molar-refractivity contribution is -0.114. The van der Waals surface area contributed by atoms with Crippen molar-refractivity contribution in [1.82, 2.24) is 20.2 Å². The van der Waals surface area contributed by atoms with E-state index in [1.807, 2.05) is 19.1 Å². The van der Waals surface area contributed by atoms with Gasteiger partial charge in [0.05, 0.1) is 0 Å². The topological polar surface area (TPSA) is 72.7 Å². The minimum absolute atomic E-state index is 0.0175. The third-order valence-corrected chi connectivity index (χ3v) is 3.53. The number of carbonyl (C=O) groups is 1. The van der Waals surface area contributed by atoms with Crippen molar-refractivity contribution >= 4 is 23.3 Å². The molecule has 1 aliphatic rings. The van der Waals surface area contributed by atoms with Gasteiger partial charge in [-0.15, -0.1) is 0 Å². The van der Waals surface area contributed by atoms with E-state index in [-0.39, 0.29) is 11.8 Å². The van der Waals surface area contributed by atoms with E-state index in [9.17, 15) is 4.79 Å². The lowest BCUT2D eigenvalue weighted by Crippen LogP contribution is -2.27. The largest absolute Gasteiger partial charge is 0.327 e. The summed E-state index contributed by atoms with van der Waals surface area (Å²) in [6.45, 7) is 3.39. The molecule has 0 saturated carbocycles. The van der Waals surface area contributed by atoms with Crippen LogP contribution in [0.15, 0.2) is 35.5 Å². The highest BCUT2D eigenvalue weighted by molar-refractivity contribution is 6.30. The first-order chi connectivity index (χ1) is 9.58. The van der Waals surface area contributed by atoms with Gasteiger partial charge in [-0.25, -0.2) is 0 Å². The van der Waals surface area contributed by atoms with Crippen LogP contribution in [-0.4, -0.2) is 26.0 Å². The Morgan fingerprint density at radius 2 is 2.05 bits per heavy atom. The van der Waals surface area contributed by atoms with Crippen molar-refractivity contribution < 1.29 is 4.79 Å². The number of nitrogens with one attached hydrogen (secondary N) is 1. The van der Waals surface area contributed by atoms with E-state index in [2.05, 4.69) is 20.8 Å². The number of rotatable bonds is 2. The van der Waals surface area contributed by atoms with Crippen LogP contribution < -0.4 is 5.32 Å². The molecule has 1 aromatic heterocycles. The van der Waals surface area contributed by atoms with Gasteiger partial charge in [-0.3, -0.25) is 4.79 Å². The summed E-state index contributed by atoms with van der Waals surface area (Å²) in [6.07, 6.45) is 0. The molecular formula is C13H12ClN5O. The summed E-state index contributed by atoms with van der Waals surface area (Å²) >= 11 is 5.92. The standard InChI is InChI=1S/C13H12ClN5O/c1-7-11(8(2)20)12(9-3-5-10(14)6-4-9)19-13(15-7)16-17-18-19/h3-6,12H,1-2H3,(H,15,16,18)/t12-/m0/s1. The van der Waals surface area contributed by atoms with Crippen LogP contribution in [0.2, 0.25) is 5.02 Å². The highest BCUT2D eigenvalue weighted by Crippen LogP contribution is 2.34. The first-order valence-electron chi connectivity index (χ1n) is 6.10. The van der Waals surface area contributed by atoms with Gasteiger partial charge in [0.25, 0.3) is 0 Å². The third-order valence-electron chi connectivity index (χ3n) is 3.28. The second-order valence-electron chi connectivity index (χ2n) is 4.62. The first kappa shape index (κ1) is 12.8. The number of benzene rings is 1. The van der Waals surface area contributed by atoms with Gasteiger partial charge in [-0.1, -0.05) is 28.8 Å². The smallest absolute Gasteiger partial charge is 0.248 e. The summed E-state index contributed by atoms with van der Waals surface area (Å²) in [5.41, 5.74) is 2.32. The molecule has 20 heavy (non-hydrogen) atoms. The van der Waals surface area contributed by atoms with Gasteiger partial charge in [0.1, 0.15) is 6.04 Å². The third kappa shape index (κ3) is 1.98. The van der Waals surface area contributed by atoms with Gasteiger partial charge < -0.3 is 5.32 Å². The van der Waals surface area contributed by atoms with Gasteiger partial charge >= 0.3 is 0 Å². The van der Waals surface area contributed by atoms with Crippen LogP contribution in [0.3, 0.4) is 0 Å². The van der Waals surface area contributed by atoms with Crippen molar-refractivity contribution in [3.63, 3.8) is 0 Å². The fourth-order valence-corrected chi connectivity index (χ4v) is 2.55. The Hall–Kier alpha value is -2.21. The van der Waals surface area contributed by atoms with Crippen molar-refractivity contribution in [3.05, 3.63) is 46.1 Å². The fraction of sp³-hybridized carbons (Fsp3) is 0.231. The van der Waals surface area contributed by atoms with Crippen molar-refractivity contribution in [1.29, 1.82) is 0 Å². The Balaban J connectivity index is 2.19. The second-order valence-corrected chi connectivity index (χ2v) is 5.06. The Kier molecular flexibility index (Phi) is 3.02. The molecular weight excluding hydrogens is 278 g/mol. The van der Waals surface area contributed by atoms with E-state index in [4.69, 9.17) is 11.6 Å². The number of nitrogens with zero attached hydrogens (tertiary/aromatic N) is 4. The molecule has 2 heterocycles. The van der Waals surface area contributed by atoms with Crippen LogP contribution in [0.4, 0.5) is 5.95 Å². The Labute approximate surface area is 120 Å². The SMILES string of the molecule is CC(=O)C1=C(C)Nc2nnnn2[C@H]1c1ccc(Cl)cc1. The predicted molar refractivity (Wildman–Crippen MR) is 74.4 cm³/mol. The Morgan fingerprint density at radius 3 is 2.70 bits per heavy atom. The maximum Gasteiger partial charge on any atom is 0.248 e. The molecule has 7 heteroatoms. The Morgan fingerprint density at radius 1 is 1.35 bits per heavy atom. The van der Waals surface area contributed by atoms with Gasteiger partial charge in [-0.05, 0) is 42.0 Å². The number of anilines is 1. The van der Waals surface area contributed by atoms with E-state index in [0.29, 0.717) is 16.5 Å². The maximum atomic E-state index is 12.0. The summed E-state index contributed by atoms with van der Waals surface area (Å²) in [5, 5.41) is 15.2. The zero-order chi connectivity index (χ0) is 14.3. The zero-order valence-electron chi connectivity index (χ0n) is 11.0. The minimum Gasteiger partial charge on any atom is -0.327 e. The van der Waals surface area contributed by atoms with Crippen molar-refractivity contribution in [2.75, 3.05) is 5.32 Å². The molecule has 1 N–H and O–H groups in total. The maximum absolute atomic E-state index is 12.0. The van der Waals surface area contributed by atoms with Gasteiger partial charge in [-0.2, -0.15) is 4.68 Å². The van der Waals surface area contributed by atoms with E-state index in [1.165, 1.54) is 0 Å². The number of tetrazole rings is 1. The summed E-state index contributed by atoms with van der Waals surface area (Å²) in [5.74, 6) is 0.503. The van der Waals surface area contributed by atoms with Crippen molar-refractivity contribution in [2.45, 2.75) is 19.9 Å². The predicted octanol–water partition coefficient (Wildman–Crippen LogP) is 2.20. The number of ketones is 1. The number of hydrogen-bond donors (Lipinski definition) is 1. The van der Waals surface area contributed by atoms with Gasteiger partial charge in [0, 0.05) is 16.3 Å². The molecule has 0 saturated heterocycles. The van der Waals surface area contributed by atoms with Crippen LogP contribution in [0.25, 0.3) is 0 Å². The molecule has 0 unspecified atom stereocenters. The van der Waals surface area contributed by atoms with Gasteiger partial charge in [0.2, 0.25) is 5.95 Å². The van der Waals surface area contributed by atoms with E-state index < -0.39 is 0 Å². The molecule has 6 nitrogen and oxygen atoms in total. The molecule has 102 valence electrons. The highest BCUT2D eigenvalue weighted by Gasteiger charge is 2.31. The number of halogens is 1. The average Bonchev–Trinajstić information content (AvgIpc) is 2.85. The summed E-state index contributed by atoms with van der Waals surface area (Å²) in [7, 11) is 0. The molecule has 0 bridgehead atoms.